The monoisotopic (exact) mass is 252 g/mol. The molecule has 5 heteroatoms. The van der Waals surface area contributed by atoms with Crippen LogP contribution in [-0.2, 0) is 0 Å². The molecular weight excluding hydrogens is 232 g/mol. The molecule has 1 aromatic carbocycles. The summed E-state index contributed by atoms with van der Waals surface area (Å²) in [6, 6.07) is 4.94. The van der Waals surface area contributed by atoms with Crippen molar-refractivity contribution >= 4 is 5.69 Å². The van der Waals surface area contributed by atoms with E-state index in [1.54, 1.807) is 12.1 Å². The van der Waals surface area contributed by atoms with Crippen molar-refractivity contribution in [3.05, 3.63) is 33.9 Å². The Bertz CT molecular complexity index is 419. The van der Waals surface area contributed by atoms with Crippen LogP contribution in [0.4, 0.5) is 5.69 Å². The van der Waals surface area contributed by atoms with Crippen LogP contribution >= 0.6 is 0 Å². The van der Waals surface area contributed by atoms with Gasteiger partial charge in [-0.3, -0.25) is 10.1 Å². The molecule has 0 aliphatic carbocycles. The molecule has 0 saturated heterocycles. The van der Waals surface area contributed by atoms with Gasteiger partial charge in [-0.2, -0.15) is 0 Å². The third kappa shape index (κ3) is 3.43. The second-order valence-corrected chi connectivity index (χ2v) is 4.48. The van der Waals surface area contributed by atoms with Crippen molar-refractivity contribution in [2.45, 2.75) is 39.2 Å². The lowest BCUT2D eigenvalue weighted by atomic mass is 9.94. The summed E-state index contributed by atoms with van der Waals surface area (Å²) in [5.74, 6) is 0.460. The number of nitro benzene ring substituents is 1. The van der Waals surface area contributed by atoms with Gasteiger partial charge in [-0.05, 0) is 30.9 Å². The molecule has 2 atom stereocenters. The summed E-state index contributed by atoms with van der Waals surface area (Å²) in [7, 11) is 0. The fraction of sp³-hybridized carbons (Fsp3) is 0.538. The summed E-state index contributed by atoms with van der Waals surface area (Å²) in [5.41, 5.74) is 6.80. The molecule has 0 heterocycles. The molecule has 100 valence electrons. The highest BCUT2D eigenvalue weighted by Crippen LogP contribution is 2.31. The quantitative estimate of drug-likeness (QED) is 0.623. The minimum atomic E-state index is -0.425. The molecule has 1 rings (SSSR count). The van der Waals surface area contributed by atoms with Crippen LogP contribution in [0.5, 0.6) is 5.75 Å². The summed E-state index contributed by atoms with van der Waals surface area (Å²) in [6.45, 7) is 6.34. The molecule has 0 saturated carbocycles. The molecule has 0 fully saturated rings. The Morgan fingerprint density at radius 1 is 1.44 bits per heavy atom. The van der Waals surface area contributed by atoms with Gasteiger partial charge in [-0.1, -0.05) is 19.9 Å². The molecular formula is C13H20N2O3. The SMILES string of the molecule is CCCOc1cc(C(C)C(C)N)ccc1[N+](=O)[O-]. The van der Waals surface area contributed by atoms with Crippen molar-refractivity contribution in [1.29, 1.82) is 0 Å². The molecule has 0 spiro atoms. The van der Waals surface area contributed by atoms with Crippen LogP contribution in [0.1, 0.15) is 38.7 Å². The van der Waals surface area contributed by atoms with Gasteiger partial charge in [0, 0.05) is 12.1 Å². The second-order valence-electron chi connectivity index (χ2n) is 4.48. The Labute approximate surface area is 107 Å². The Morgan fingerprint density at radius 3 is 2.61 bits per heavy atom. The molecule has 2 N–H and O–H groups in total. The zero-order valence-corrected chi connectivity index (χ0v) is 11.1. The minimum Gasteiger partial charge on any atom is -0.487 e. The van der Waals surface area contributed by atoms with E-state index in [0.29, 0.717) is 12.4 Å². The maximum Gasteiger partial charge on any atom is 0.310 e. The lowest BCUT2D eigenvalue weighted by Crippen LogP contribution is -2.22. The maximum absolute atomic E-state index is 10.9. The van der Waals surface area contributed by atoms with E-state index in [4.69, 9.17) is 10.5 Å². The van der Waals surface area contributed by atoms with Crippen molar-refractivity contribution in [2.75, 3.05) is 6.61 Å². The Balaban J connectivity index is 3.08. The summed E-state index contributed by atoms with van der Waals surface area (Å²) in [5, 5.41) is 10.9. The summed E-state index contributed by atoms with van der Waals surface area (Å²) >= 11 is 0. The van der Waals surface area contributed by atoms with Crippen molar-refractivity contribution < 1.29 is 9.66 Å². The standard InChI is InChI=1S/C13H20N2O3/c1-4-7-18-13-8-11(9(2)10(3)14)5-6-12(13)15(16)17/h5-6,8-10H,4,7,14H2,1-3H3. The topological polar surface area (TPSA) is 78.4 Å². The highest BCUT2D eigenvalue weighted by molar-refractivity contribution is 5.49. The van der Waals surface area contributed by atoms with Gasteiger partial charge in [0.2, 0.25) is 0 Å². The fourth-order valence-electron chi connectivity index (χ4n) is 1.60. The van der Waals surface area contributed by atoms with E-state index in [-0.39, 0.29) is 17.6 Å². The van der Waals surface area contributed by atoms with Crippen molar-refractivity contribution in [3.8, 4) is 5.75 Å². The van der Waals surface area contributed by atoms with Crippen LogP contribution in [0, 0.1) is 10.1 Å². The molecule has 5 nitrogen and oxygen atoms in total. The van der Waals surface area contributed by atoms with Crippen LogP contribution in [0.3, 0.4) is 0 Å². The predicted octanol–water partition coefficient (Wildman–Crippen LogP) is 2.83. The van der Waals surface area contributed by atoms with E-state index in [2.05, 4.69) is 0 Å². The Morgan fingerprint density at radius 2 is 2.11 bits per heavy atom. The van der Waals surface area contributed by atoms with E-state index < -0.39 is 4.92 Å². The van der Waals surface area contributed by atoms with Gasteiger partial charge < -0.3 is 10.5 Å². The largest absolute Gasteiger partial charge is 0.487 e. The molecule has 0 aromatic heterocycles. The van der Waals surface area contributed by atoms with Gasteiger partial charge in [0.25, 0.3) is 0 Å². The molecule has 0 radical (unpaired) electrons. The van der Waals surface area contributed by atoms with Gasteiger partial charge in [0.1, 0.15) is 0 Å². The number of nitrogens with two attached hydrogens (primary N) is 1. The van der Waals surface area contributed by atoms with E-state index >= 15 is 0 Å². The molecule has 0 bridgehead atoms. The van der Waals surface area contributed by atoms with E-state index in [1.807, 2.05) is 20.8 Å². The van der Waals surface area contributed by atoms with Crippen molar-refractivity contribution in [2.24, 2.45) is 5.73 Å². The van der Waals surface area contributed by atoms with Gasteiger partial charge in [-0.15, -0.1) is 0 Å². The Kier molecular flexibility index (Phi) is 5.09. The van der Waals surface area contributed by atoms with Gasteiger partial charge >= 0.3 is 5.69 Å². The van der Waals surface area contributed by atoms with E-state index in [9.17, 15) is 10.1 Å². The van der Waals surface area contributed by atoms with E-state index in [0.717, 1.165) is 12.0 Å². The van der Waals surface area contributed by atoms with Gasteiger partial charge in [-0.25, -0.2) is 0 Å². The molecule has 0 amide bonds. The molecule has 18 heavy (non-hydrogen) atoms. The molecule has 2 unspecified atom stereocenters. The lowest BCUT2D eigenvalue weighted by molar-refractivity contribution is -0.385. The summed E-state index contributed by atoms with van der Waals surface area (Å²) in [6.07, 6.45) is 0.810. The number of ether oxygens (including phenoxy) is 1. The number of hydrogen-bond acceptors (Lipinski definition) is 4. The highest BCUT2D eigenvalue weighted by atomic mass is 16.6. The predicted molar refractivity (Wildman–Crippen MR) is 70.9 cm³/mol. The summed E-state index contributed by atoms with van der Waals surface area (Å²) < 4.78 is 5.44. The number of nitro groups is 1. The zero-order valence-electron chi connectivity index (χ0n) is 11.1. The third-order valence-electron chi connectivity index (χ3n) is 2.96. The first-order valence-electron chi connectivity index (χ1n) is 6.14. The first-order chi connectivity index (χ1) is 8.47. The van der Waals surface area contributed by atoms with Crippen LogP contribution in [0.15, 0.2) is 18.2 Å². The maximum atomic E-state index is 10.9. The number of benzene rings is 1. The molecule has 0 aliphatic heterocycles. The second kappa shape index (κ2) is 6.35. The first kappa shape index (κ1) is 14.4. The van der Waals surface area contributed by atoms with Crippen LogP contribution in [-0.4, -0.2) is 17.6 Å². The summed E-state index contributed by atoms with van der Waals surface area (Å²) in [4.78, 5) is 10.5. The molecule has 0 aliphatic rings. The van der Waals surface area contributed by atoms with Crippen LogP contribution in [0.25, 0.3) is 0 Å². The minimum absolute atomic E-state index is 0.00377. The highest BCUT2D eigenvalue weighted by Gasteiger charge is 2.18. The number of rotatable bonds is 6. The lowest BCUT2D eigenvalue weighted by Gasteiger charge is -2.17. The van der Waals surface area contributed by atoms with E-state index in [1.165, 1.54) is 6.07 Å². The fourth-order valence-corrected chi connectivity index (χ4v) is 1.60. The number of nitrogens with zero attached hydrogens (tertiary/aromatic N) is 1. The van der Waals surface area contributed by atoms with Crippen molar-refractivity contribution in [3.63, 3.8) is 0 Å². The van der Waals surface area contributed by atoms with Crippen LogP contribution in [0.2, 0.25) is 0 Å². The Hall–Kier alpha value is -1.62. The normalized spacial score (nSPS) is 14.0. The third-order valence-corrected chi connectivity index (χ3v) is 2.96. The average molecular weight is 252 g/mol. The number of hydrogen-bond donors (Lipinski definition) is 1. The zero-order chi connectivity index (χ0) is 13.7. The first-order valence-corrected chi connectivity index (χ1v) is 6.14. The van der Waals surface area contributed by atoms with Crippen molar-refractivity contribution in [1.82, 2.24) is 0 Å². The molecule has 1 aromatic rings. The van der Waals surface area contributed by atoms with Gasteiger partial charge in [0.15, 0.2) is 5.75 Å². The van der Waals surface area contributed by atoms with Gasteiger partial charge in [0.05, 0.1) is 11.5 Å². The average Bonchev–Trinajstić information content (AvgIpc) is 2.34. The van der Waals surface area contributed by atoms with Crippen LogP contribution < -0.4 is 10.5 Å². The smallest absolute Gasteiger partial charge is 0.310 e.